The van der Waals surface area contributed by atoms with Crippen molar-refractivity contribution in [2.45, 2.75) is 71.3 Å². The van der Waals surface area contributed by atoms with Crippen LogP contribution in [0, 0.1) is 5.41 Å². The van der Waals surface area contributed by atoms with Crippen molar-refractivity contribution in [3.63, 3.8) is 0 Å². The highest BCUT2D eigenvalue weighted by Gasteiger charge is 2.20. The maximum atomic E-state index is 11.7. The molecule has 0 atom stereocenters. The molecule has 1 fully saturated rings. The zero-order valence-electron chi connectivity index (χ0n) is 12.7. The van der Waals surface area contributed by atoms with Gasteiger partial charge in [0.25, 0.3) is 0 Å². The van der Waals surface area contributed by atoms with Crippen molar-refractivity contribution >= 4 is 12.0 Å². The Bertz CT molecular complexity index is 323. The molecule has 5 nitrogen and oxygen atoms in total. The van der Waals surface area contributed by atoms with Gasteiger partial charge in [0.15, 0.2) is 0 Å². The first kappa shape index (κ1) is 16.8. The first-order chi connectivity index (χ1) is 9.39. The lowest BCUT2D eigenvalue weighted by atomic mass is 9.84. The maximum Gasteiger partial charge on any atom is 0.315 e. The highest BCUT2D eigenvalue weighted by Crippen LogP contribution is 2.26. The zero-order valence-corrected chi connectivity index (χ0v) is 12.7. The summed E-state index contributed by atoms with van der Waals surface area (Å²) in [6.45, 7) is 4.67. The minimum absolute atomic E-state index is 0.0590. The van der Waals surface area contributed by atoms with Gasteiger partial charge in [0, 0.05) is 19.0 Å². The summed E-state index contributed by atoms with van der Waals surface area (Å²) in [5, 5.41) is 14.6. The molecule has 1 rings (SSSR count). The van der Waals surface area contributed by atoms with Crippen molar-refractivity contribution in [3.8, 4) is 0 Å². The fourth-order valence-corrected chi connectivity index (χ4v) is 2.57. The van der Waals surface area contributed by atoms with E-state index in [1.165, 1.54) is 19.3 Å². The highest BCUT2D eigenvalue weighted by atomic mass is 16.4. The topological polar surface area (TPSA) is 78.4 Å². The minimum Gasteiger partial charge on any atom is -0.481 e. The highest BCUT2D eigenvalue weighted by molar-refractivity contribution is 5.74. The molecule has 1 aliphatic carbocycles. The number of carboxylic acids is 1. The lowest BCUT2D eigenvalue weighted by Crippen LogP contribution is -2.43. The average molecular weight is 284 g/mol. The van der Waals surface area contributed by atoms with E-state index < -0.39 is 5.97 Å². The van der Waals surface area contributed by atoms with Gasteiger partial charge < -0.3 is 15.7 Å². The molecule has 2 amide bonds. The molecule has 0 aromatic heterocycles. The molecule has 0 spiro atoms. The summed E-state index contributed by atoms with van der Waals surface area (Å²) in [7, 11) is 0. The molecule has 0 saturated heterocycles. The maximum absolute atomic E-state index is 11.7. The van der Waals surface area contributed by atoms with E-state index in [9.17, 15) is 9.59 Å². The van der Waals surface area contributed by atoms with Crippen LogP contribution < -0.4 is 10.6 Å². The third-order valence-corrected chi connectivity index (χ3v) is 4.04. The molecule has 1 saturated carbocycles. The Balaban J connectivity index is 2.15. The second-order valence-corrected chi connectivity index (χ2v) is 6.54. The number of rotatable bonds is 7. The van der Waals surface area contributed by atoms with Crippen LogP contribution in [0.3, 0.4) is 0 Å². The number of urea groups is 1. The molecule has 0 aromatic rings. The van der Waals surface area contributed by atoms with Crippen molar-refractivity contribution in [1.29, 1.82) is 0 Å². The van der Waals surface area contributed by atoms with Crippen molar-refractivity contribution in [3.05, 3.63) is 0 Å². The van der Waals surface area contributed by atoms with Crippen LogP contribution in [0.4, 0.5) is 4.79 Å². The Morgan fingerprint density at radius 3 is 2.40 bits per heavy atom. The molecule has 0 radical (unpaired) electrons. The van der Waals surface area contributed by atoms with Crippen molar-refractivity contribution in [2.24, 2.45) is 5.41 Å². The Hall–Kier alpha value is -1.26. The summed E-state index contributed by atoms with van der Waals surface area (Å²) in [5.41, 5.74) is -0.0590. The lowest BCUT2D eigenvalue weighted by Gasteiger charge is -2.25. The van der Waals surface area contributed by atoms with Crippen LogP contribution in [-0.4, -0.2) is 29.7 Å². The molecule has 1 aliphatic rings. The van der Waals surface area contributed by atoms with Gasteiger partial charge >= 0.3 is 12.0 Å². The van der Waals surface area contributed by atoms with Crippen LogP contribution in [0.1, 0.15) is 65.2 Å². The molecule has 0 aliphatic heterocycles. The predicted molar refractivity (Wildman–Crippen MR) is 78.7 cm³/mol. The molecule has 3 N–H and O–H groups in total. The van der Waals surface area contributed by atoms with Gasteiger partial charge in [0.2, 0.25) is 0 Å². The normalized spacial score (nSPS) is 16.7. The number of aliphatic carboxylic acids is 1. The third kappa shape index (κ3) is 7.36. The minimum atomic E-state index is -0.763. The number of carboxylic acid groups (broad SMARTS) is 1. The van der Waals surface area contributed by atoms with Crippen LogP contribution in [0.25, 0.3) is 0 Å². The number of hydrogen-bond donors (Lipinski definition) is 3. The van der Waals surface area contributed by atoms with E-state index in [0.29, 0.717) is 19.0 Å². The van der Waals surface area contributed by atoms with Crippen LogP contribution >= 0.6 is 0 Å². The zero-order chi connectivity index (χ0) is 15.0. The number of amides is 2. The fraction of sp³-hybridized carbons (Fsp3) is 0.867. The summed E-state index contributed by atoms with van der Waals surface area (Å²) in [6.07, 6.45) is 7.45. The fourth-order valence-electron chi connectivity index (χ4n) is 2.57. The van der Waals surface area contributed by atoms with Gasteiger partial charge in [-0.2, -0.15) is 0 Å². The SMILES string of the molecule is CC(C)(CCNC(=O)NC1CCCCC1)CCC(=O)O. The Morgan fingerprint density at radius 1 is 1.15 bits per heavy atom. The van der Waals surface area contributed by atoms with E-state index in [4.69, 9.17) is 5.11 Å². The van der Waals surface area contributed by atoms with Gasteiger partial charge in [-0.15, -0.1) is 0 Å². The summed E-state index contributed by atoms with van der Waals surface area (Å²) < 4.78 is 0. The third-order valence-electron chi connectivity index (χ3n) is 4.04. The van der Waals surface area contributed by atoms with E-state index in [-0.39, 0.29) is 17.9 Å². The van der Waals surface area contributed by atoms with Crippen LogP contribution in [0.2, 0.25) is 0 Å². The molecular formula is C15H28N2O3. The van der Waals surface area contributed by atoms with E-state index in [1.54, 1.807) is 0 Å². The number of nitrogens with one attached hydrogen (secondary N) is 2. The van der Waals surface area contributed by atoms with Crippen LogP contribution in [0.5, 0.6) is 0 Å². The van der Waals surface area contributed by atoms with Gasteiger partial charge in [0.1, 0.15) is 0 Å². The van der Waals surface area contributed by atoms with Gasteiger partial charge in [-0.3, -0.25) is 4.79 Å². The molecule has 0 bridgehead atoms. The molecular weight excluding hydrogens is 256 g/mol. The van der Waals surface area contributed by atoms with Crippen molar-refractivity contribution in [2.75, 3.05) is 6.54 Å². The van der Waals surface area contributed by atoms with Crippen LogP contribution in [-0.2, 0) is 4.79 Å². The second-order valence-electron chi connectivity index (χ2n) is 6.54. The molecule has 5 heteroatoms. The van der Waals surface area contributed by atoms with Crippen LogP contribution in [0.15, 0.2) is 0 Å². The Morgan fingerprint density at radius 2 is 1.80 bits per heavy atom. The smallest absolute Gasteiger partial charge is 0.315 e. The van der Waals surface area contributed by atoms with Gasteiger partial charge in [-0.1, -0.05) is 33.1 Å². The first-order valence-electron chi connectivity index (χ1n) is 7.65. The Labute approximate surface area is 121 Å². The van der Waals surface area contributed by atoms with E-state index >= 15 is 0 Å². The summed E-state index contributed by atoms with van der Waals surface area (Å²) >= 11 is 0. The average Bonchev–Trinajstić information content (AvgIpc) is 2.37. The van der Waals surface area contributed by atoms with Gasteiger partial charge in [-0.05, 0) is 31.1 Å². The number of carbonyl (C=O) groups is 2. The molecule has 0 aromatic carbocycles. The van der Waals surface area contributed by atoms with E-state index in [1.807, 2.05) is 13.8 Å². The summed E-state index contributed by atoms with van der Waals surface area (Å²) in [4.78, 5) is 22.3. The van der Waals surface area contributed by atoms with E-state index in [2.05, 4.69) is 10.6 Å². The van der Waals surface area contributed by atoms with Crippen molar-refractivity contribution < 1.29 is 14.7 Å². The number of hydrogen-bond acceptors (Lipinski definition) is 2. The lowest BCUT2D eigenvalue weighted by molar-refractivity contribution is -0.137. The summed E-state index contributed by atoms with van der Waals surface area (Å²) in [6, 6.07) is 0.231. The second kappa shape index (κ2) is 8.12. The predicted octanol–water partition coefficient (Wildman–Crippen LogP) is 2.90. The van der Waals surface area contributed by atoms with Gasteiger partial charge in [0.05, 0.1) is 0 Å². The molecule has 116 valence electrons. The largest absolute Gasteiger partial charge is 0.481 e. The summed E-state index contributed by atoms with van der Waals surface area (Å²) in [5.74, 6) is -0.763. The first-order valence-corrected chi connectivity index (χ1v) is 7.65. The van der Waals surface area contributed by atoms with Gasteiger partial charge in [-0.25, -0.2) is 4.79 Å². The standard InChI is InChI=1S/C15H28N2O3/c1-15(2,9-8-13(18)19)10-11-16-14(20)17-12-6-4-3-5-7-12/h12H,3-11H2,1-2H3,(H,18,19)(H2,16,17,20). The Kier molecular flexibility index (Phi) is 6.82. The number of carbonyl (C=O) groups excluding carboxylic acids is 1. The van der Waals surface area contributed by atoms with E-state index in [0.717, 1.165) is 19.3 Å². The monoisotopic (exact) mass is 284 g/mol. The van der Waals surface area contributed by atoms with Crippen molar-refractivity contribution in [1.82, 2.24) is 10.6 Å². The molecule has 0 unspecified atom stereocenters. The molecule has 20 heavy (non-hydrogen) atoms. The quantitative estimate of drug-likeness (QED) is 0.672. The molecule has 0 heterocycles.